The molecule has 1 atom stereocenters. The SMILES string of the molecule is Cc1ccc(C(=O)NCc2cc3nc(-c4cccc(N5CC6(CCOCC6)C5)n4)ccc3cn2)cc1S(C)=O. The van der Waals surface area contributed by atoms with Crippen molar-refractivity contribution in [3.05, 3.63) is 77.6 Å². The molecule has 5 heterocycles. The van der Waals surface area contributed by atoms with Crippen LogP contribution in [0.5, 0.6) is 0 Å². The van der Waals surface area contributed by atoms with Crippen LogP contribution in [0.3, 0.4) is 0 Å². The van der Waals surface area contributed by atoms with Crippen LogP contribution in [-0.2, 0) is 22.1 Å². The highest BCUT2D eigenvalue weighted by Gasteiger charge is 2.44. The van der Waals surface area contributed by atoms with Gasteiger partial charge in [-0.15, -0.1) is 0 Å². The number of carbonyl (C=O) groups excluding carboxylic acids is 1. The van der Waals surface area contributed by atoms with Crippen LogP contribution in [0.15, 0.2) is 65.7 Å². The van der Waals surface area contributed by atoms with Crippen LogP contribution in [0.1, 0.15) is 34.5 Å². The van der Waals surface area contributed by atoms with Crippen molar-refractivity contribution < 1.29 is 13.7 Å². The van der Waals surface area contributed by atoms with Crippen molar-refractivity contribution in [3.8, 4) is 11.4 Å². The Bertz CT molecular complexity index is 1580. The Labute approximate surface area is 230 Å². The van der Waals surface area contributed by atoms with Gasteiger partial charge in [0.15, 0.2) is 0 Å². The number of aromatic nitrogens is 3. The van der Waals surface area contributed by atoms with Gasteiger partial charge in [0, 0.05) is 60.0 Å². The van der Waals surface area contributed by atoms with Gasteiger partial charge in [-0.25, -0.2) is 9.97 Å². The van der Waals surface area contributed by atoms with Gasteiger partial charge in [0.05, 0.1) is 39.9 Å². The van der Waals surface area contributed by atoms with E-state index in [0.29, 0.717) is 21.6 Å². The summed E-state index contributed by atoms with van der Waals surface area (Å²) in [7, 11) is -1.16. The Balaban J connectivity index is 1.16. The van der Waals surface area contributed by atoms with Gasteiger partial charge < -0.3 is 15.0 Å². The predicted octanol–water partition coefficient (Wildman–Crippen LogP) is 4.28. The van der Waals surface area contributed by atoms with Gasteiger partial charge in [-0.1, -0.05) is 12.1 Å². The minimum atomic E-state index is -1.16. The van der Waals surface area contributed by atoms with Crippen LogP contribution in [0, 0.1) is 12.3 Å². The number of carbonyl (C=O) groups is 1. The molecule has 2 aliphatic rings. The molecule has 200 valence electrons. The Morgan fingerprint density at radius 2 is 1.85 bits per heavy atom. The molecule has 1 spiro atoms. The first-order valence-corrected chi connectivity index (χ1v) is 14.7. The second-order valence-electron chi connectivity index (χ2n) is 10.5. The van der Waals surface area contributed by atoms with E-state index in [0.717, 1.165) is 72.8 Å². The molecule has 1 amide bonds. The molecule has 4 aromatic rings. The number of fused-ring (bicyclic) bond motifs is 1. The third-order valence-corrected chi connectivity index (χ3v) is 8.81. The van der Waals surface area contributed by atoms with E-state index in [-0.39, 0.29) is 12.5 Å². The predicted molar refractivity (Wildman–Crippen MR) is 152 cm³/mol. The van der Waals surface area contributed by atoms with Gasteiger partial charge in [0.1, 0.15) is 5.82 Å². The first kappa shape index (κ1) is 25.6. The van der Waals surface area contributed by atoms with Crippen molar-refractivity contribution in [3.63, 3.8) is 0 Å². The highest BCUT2D eigenvalue weighted by molar-refractivity contribution is 7.84. The summed E-state index contributed by atoms with van der Waals surface area (Å²) in [6.07, 6.45) is 5.63. The molecule has 6 rings (SSSR count). The average molecular weight is 542 g/mol. The molecule has 3 aromatic heterocycles. The molecule has 1 N–H and O–H groups in total. The quantitative estimate of drug-likeness (QED) is 0.389. The molecule has 1 unspecified atom stereocenters. The van der Waals surface area contributed by atoms with Crippen LogP contribution in [0.2, 0.25) is 0 Å². The molecule has 2 saturated heterocycles. The number of aryl methyl sites for hydroxylation is 1. The zero-order valence-electron chi connectivity index (χ0n) is 22.1. The summed E-state index contributed by atoms with van der Waals surface area (Å²) in [5.41, 5.74) is 4.89. The summed E-state index contributed by atoms with van der Waals surface area (Å²) >= 11 is 0. The maximum Gasteiger partial charge on any atom is 0.251 e. The number of hydrogen-bond donors (Lipinski definition) is 1. The summed E-state index contributed by atoms with van der Waals surface area (Å²) in [5.74, 6) is 0.746. The smallest absolute Gasteiger partial charge is 0.251 e. The van der Waals surface area contributed by atoms with E-state index in [9.17, 15) is 9.00 Å². The molecule has 2 fully saturated rings. The Kier molecular flexibility index (Phi) is 6.86. The normalized spacial score (nSPS) is 17.1. The molecule has 0 radical (unpaired) electrons. The van der Waals surface area contributed by atoms with Crippen molar-refractivity contribution >= 4 is 33.4 Å². The van der Waals surface area contributed by atoms with E-state index < -0.39 is 10.8 Å². The number of ether oxygens (including phenoxy) is 1. The van der Waals surface area contributed by atoms with E-state index in [1.54, 1.807) is 24.6 Å². The molecular formula is C30H31N5O3S. The first-order valence-electron chi connectivity index (χ1n) is 13.2. The molecule has 39 heavy (non-hydrogen) atoms. The first-order chi connectivity index (χ1) is 18.9. The molecule has 9 heteroatoms. The Morgan fingerprint density at radius 1 is 1.05 bits per heavy atom. The van der Waals surface area contributed by atoms with E-state index in [2.05, 4.69) is 21.3 Å². The summed E-state index contributed by atoms with van der Waals surface area (Å²) in [4.78, 5) is 30.1. The number of nitrogens with zero attached hydrogens (tertiary/aromatic N) is 4. The zero-order valence-corrected chi connectivity index (χ0v) is 23.0. The van der Waals surface area contributed by atoms with Gasteiger partial charge in [-0.05, 0) is 67.8 Å². The number of nitrogens with one attached hydrogen (secondary N) is 1. The lowest BCUT2D eigenvalue weighted by Crippen LogP contribution is -2.58. The third-order valence-electron chi connectivity index (χ3n) is 7.75. The molecule has 0 aliphatic carbocycles. The average Bonchev–Trinajstić information content (AvgIpc) is 2.94. The number of hydrogen-bond acceptors (Lipinski definition) is 7. The second kappa shape index (κ2) is 10.5. The minimum Gasteiger partial charge on any atom is -0.381 e. The zero-order chi connectivity index (χ0) is 27.0. The van der Waals surface area contributed by atoms with Crippen LogP contribution >= 0.6 is 0 Å². The maximum absolute atomic E-state index is 12.8. The summed E-state index contributed by atoms with van der Waals surface area (Å²) in [6.45, 7) is 5.91. The fourth-order valence-corrected chi connectivity index (χ4v) is 6.22. The molecule has 0 saturated carbocycles. The molecular weight excluding hydrogens is 510 g/mol. The Hall–Kier alpha value is -3.69. The highest BCUT2D eigenvalue weighted by atomic mass is 32.2. The summed E-state index contributed by atoms with van der Waals surface area (Å²) < 4.78 is 17.5. The minimum absolute atomic E-state index is 0.236. The monoisotopic (exact) mass is 541 g/mol. The van der Waals surface area contributed by atoms with Gasteiger partial charge in [-0.3, -0.25) is 14.0 Å². The fourth-order valence-electron chi connectivity index (χ4n) is 5.41. The van der Waals surface area contributed by atoms with Crippen molar-refractivity contribution in [1.82, 2.24) is 20.3 Å². The van der Waals surface area contributed by atoms with Gasteiger partial charge in [0.25, 0.3) is 5.91 Å². The highest BCUT2D eigenvalue weighted by Crippen LogP contribution is 2.41. The Morgan fingerprint density at radius 3 is 2.64 bits per heavy atom. The standard InChI is InChI=1S/C30H31N5O3S/c1-20-6-7-21(14-27(20)39(2)37)29(36)32-17-23-15-26-22(16-31-23)8-9-25(33-26)24-4-3-5-28(34-24)35-18-30(19-35)10-12-38-13-11-30/h3-9,14-16H,10-13,17-19H2,1-2H3,(H,32,36). The maximum atomic E-state index is 12.8. The largest absolute Gasteiger partial charge is 0.381 e. The fraction of sp³-hybridized carbons (Fsp3) is 0.333. The van der Waals surface area contributed by atoms with E-state index in [4.69, 9.17) is 14.7 Å². The van der Waals surface area contributed by atoms with Crippen molar-refractivity contribution in [1.29, 1.82) is 0 Å². The number of rotatable bonds is 6. The van der Waals surface area contributed by atoms with Crippen molar-refractivity contribution in [2.45, 2.75) is 31.2 Å². The molecule has 1 aromatic carbocycles. The number of amides is 1. The molecule has 0 bridgehead atoms. The third kappa shape index (κ3) is 5.29. The molecule has 2 aliphatic heterocycles. The van der Waals surface area contributed by atoms with E-state index in [1.807, 2.05) is 43.3 Å². The van der Waals surface area contributed by atoms with E-state index >= 15 is 0 Å². The number of pyridine rings is 3. The van der Waals surface area contributed by atoms with Gasteiger partial charge >= 0.3 is 0 Å². The summed E-state index contributed by atoms with van der Waals surface area (Å²) in [6, 6.07) is 17.2. The van der Waals surface area contributed by atoms with Crippen molar-refractivity contribution in [2.75, 3.05) is 37.5 Å². The van der Waals surface area contributed by atoms with Gasteiger partial charge in [-0.2, -0.15) is 0 Å². The summed E-state index contributed by atoms with van der Waals surface area (Å²) in [5, 5.41) is 3.83. The topological polar surface area (TPSA) is 97.3 Å². The number of benzene rings is 1. The van der Waals surface area contributed by atoms with Gasteiger partial charge in [0.2, 0.25) is 0 Å². The molecule has 8 nitrogen and oxygen atoms in total. The van der Waals surface area contributed by atoms with Crippen LogP contribution in [-0.4, -0.2) is 57.6 Å². The van der Waals surface area contributed by atoms with Crippen LogP contribution in [0.4, 0.5) is 5.82 Å². The lowest BCUT2D eigenvalue weighted by molar-refractivity contribution is -0.000448. The van der Waals surface area contributed by atoms with Crippen LogP contribution < -0.4 is 10.2 Å². The van der Waals surface area contributed by atoms with Crippen LogP contribution in [0.25, 0.3) is 22.3 Å². The van der Waals surface area contributed by atoms with Crippen molar-refractivity contribution in [2.24, 2.45) is 5.41 Å². The second-order valence-corrected chi connectivity index (χ2v) is 11.9. The lowest BCUT2D eigenvalue weighted by atomic mass is 9.73. The van der Waals surface area contributed by atoms with E-state index in [1.165, 1.54) is 0 Å². The number of anilines is 1. The lowest BCUT2D eigenvalue weighted by Gasteiger charge is -2.52.